The second kappa shape index (κ2) is 10.5. The molecule has 0 spiro atoms. The highest BCUT2D eigenvalue weighted by atomic mass is 32.2. The van der Waals surface area contributed by atoms with E-state index in [2.05, 4.69) is 47.9 Å². The number of nitrogens with one attached hydrogen (secondary N) is 2. The minimum Gasteiger partial charge on any atom is -0.481 e. The van der Waals surface area contributed by atoms with E-state index in [0.717, 1.165) is 39.8 Å². The van der Waals surface area contributed by atoms with Crippen molar-refractivity contribution in [1.29, 1.82) is 0 Å². The molecule has 1 heterocycles. The van der Waals surface area contributed by atoms with Crippen LogP contribution in [0.3, 0.4) is 0 Å². The van der Waals surface area contributed by atoms with Gasteiger partial charge < -0.3 is 10.1 Å². The average Bonchev–Trinajstić information content (AvgIpc) is 2.77. The monoisotopic (exact) mass is 495 g/mol. The van der Waals surface area contributed by atoms with E-state index < -0.39 is 10.0 Å². The SMILES string of the molecule is COc1ncccc1-c1cc(C(C)(C)C)cc(CCc2ccc(NS(C)(=O)=O)cc2)c1NC(C)=O. The van der Waals surface area contributed by atoms with Gasteiger partial charge >= 0.3 is 0 Å². The van der Waals surface area contributed by atoms with Gasteiger partial charge in [0.25, 0.3) is 0 Å². The van der Waals surface area contributed by atoms with Crippen LogP contribution in [0, 0.1) is 0 Å². The Morgan fingerprint density at radius 1 is 1.03 bits per heavy atom. The van der Waals surface area contributed by atoms with Crippen molar-refractivity contribution in [2.75, 3.05) is 23.4 Å². The average molecular weight is 496 g/mol. The molecular formula is C27H33N3O4S. The molecule has 1 amide bonds. The van der Waals surface area contributed by atoms with Gasteiger partial charge in [0.05, 0.1) is 19.1 Å². The zero-order chi connectivity index (χ0) is 25.8. The number of benzene rings is 2. The van der Waals surface area contributed by atoms with E-state index in [9.17, 15) is 13.2 Å². The first-order chi connectivity index (χ1) is 16.4. The van der Waals surface area contributed by atoms with E-state index in [0.29, 0.717) is 24.4 Å². The number of methoxy groups -OCH3 is 1. The summed E-state index contributed by atoms with van der Waals surface area (Å²) in [6.07, 6.45) is 4.19. The van der Waals surface area contributed by atoms with Crippen molar-refractivity contribution in [2.24, 2.45) is 0 Å². The fourth-order valence-corrected chi connectivity index (χ4v) is 4.42. The lowest BCUT2D eigenvalue weighted by molar-refractivity contribution is -0.114. The normalized spacial score (nSPS) is 11.7. The number of sulfonamides is 1. The first-order valence-electron chi connectivity index (χ1n) is 11.4. The van der Waals surface area contributed by atoms with E-state index in [1.54, 1.807) is 25.4 Å². The molecule has 3 aromatic rings. The zero-order valence-electron chi connectivity index (χ0n) is 21.1. The summed E-state index contributed by atoms with van der Waals surface area (Å²) in [6.45, 7) is 7.96. The van der Waals surface area contributed by atoms with Crippen LogP contribution in [-0.4, -0.2) is 32.7 Å². The summed E-state index contributed by atoms with van der Waals surface area (Å²) < 4.78 is 30.9. The molecule has 8 heteroatoms. The Labute approximate surface area is 208 Å². The van der Waals surface area contributed by atoms with Crippen molar-refractivity contribution in [3.05, 3.63) is 71.4 Å². The van der Waals surface area contributed by atoms with Crippen molar-refractivity contribution in [3.63, 3.8) is 0 Å². The van der Waals surface area contributed by atoms with Crippen molar-refractivity contribution >= 4 is 27.3 Å². The minimum atomic E-state index is -3.32. The molecule has 3 rings (SSSR count). The second-order valence-corrected chi connectivity index (χ2v) is 11.4. The van der Waals surface area contributed by atoms with Crippen LogP contribution < -0.4 is 14.8 Å². The van der Waals surface area contributed by atoms with Crippen LogP contribution in [0.2, 0.25) is 0 Å². The molecule has 0 radical (unpaired) electrons. The minimum absolute atomic E-state index is 0.118. The van der Waals surface area contributed by atoms with Crippen LogP contribution in [-0.2, 0) is 33.1 Å². The van der Waals surface area contributed by atoms with Crippen LogP contribution in [0.1, 0.15) is 44.4 Å². The van der Waals surface area contributed by atoms with Crippen LogP contribution >= 0.6 is 0 Å². The maximum atomic E-state index is 12.2. The van der Waals surface area contributed by atoms with Gasteiger partial charge in [0.1, 0.15) is 0 Å². The van der Waals surface area contributed by atoms with Gasteiger partial charge in [-0.2, -0.15) is 0 Å². The highest BCUT2D eigenvalue weighted by molar-refractivity contribution is 7.92. The Kier molecular flexibility index (Phi) is 7.85. The number of rotatable bonds is 8. The van der Waals surface area contributed by atoms with Gasteiger partial charge in [0.15, 0.2) is 0 Å². The van der Waals surface area contributed by atoms with Crippen LogP contribution in [0.25, 0.3) is 11.1 Å². The number of carbonyl (C=O) groups is 1. The van der Waals surface area contributed by atoms with E-state index in [-0.39, 0.29) is 11.3 Å². The first-order valence-corrected chi connectivity index (χ1v) is 13.3. The summed E-state index contributed by atoms with van der Waals surface area (Å²) in [6, 6.07) is 15.4. The Morgan fingerprint density at radius 2 is 1.71 bits per heavy atom. The number of anilines is 2. The van der Waals surface area contributed by atoms with E-state index in [4.69, 9.17) is 4.74 Å². The molecule has 0 saturated carbocycles. The molecule has 0 aliphatic heterocycles. The van der Waals surface area contributed by atoms with Crippen molar-refractivity contribution < 1.29 is 17.9 Å². The Balaban J connectivity index is 2.06. The fourth-order valence-electron chi connectivity index (χ4n) is 3.86. The summed E-state index contributed by atoms with van der Waals surface area (Å²) in [5, 5.41) is 3.04. The van der Waals surface area contributed by atoms with Crippen LogP contribution in [0.4, 0.5) is 11.4 Å². The van der Waals surface area contributed by atoms with Crippen molar-refractivity contribution in [3.8, 4) is 17.0 Å². The highest BCUT2D eigenvalue weighted by Gasteiger charge is 2.22. The highest BCUT2D eigenvalue weighted by Crippen LogP contribution is 2.40. The number of pyridine rings is 1. The molecule has 1 aromatic heterocycles. The first kappa shape index (κ1) is 26.2. The second-order valence-electron chi connectivity index (χ2n) is 9.62. The molecule has 0 fully saturated rings. The Hall–Kier alpha value is -3.39. The lowest BCUT2D eigenvalue weighted by Crippen LogP contribution is -2.15. The third-order valence-corrected chi connectivity index (χ3v) is 6.19. The number of hydrogen-bond acceptors (Lipinski definition) is 5. The van der Waals surface area contributed by atoms with Gasteiger partial charge in [0, 0.05) is 29.9 Å². The molecule has 0 atom stereocenters. The molecule has 7 nitrogen and oxygen atoms in total. The number of ether oxygens (including phenoxy) is 1. The molecule has 0 saturated heterocycles. The van der Waals surface area contributed by atoms with Gasteiger partial charge in [-0.15, -0.1) is 0 Å². The van der Waals surface area contributed by atoms with Crippen LogP contribution in [0.15, 0.2) is 54.7 Å². The molecule has 186 valence electrons. The number of hydrogen-bond donors (Lipinski definition) is 2. The quantitative estimate of drug-likeness (QED) is 0.449. The van der Waals surface area contributed by atoms with Gasteiger partial charge in [-0.3, -0.25) is 9.52 Å². The molecule has 35 heavy (non-hydrogen) atoms. The largest absolute Gasteiger partial charge is 0.481 e. The zero-order valence-corrected chi connectivity index (χ0v) is 21.9. The standard InChI is InChI=1S/C27H33N3O4S/c1-18(31)29-25-20(12-9-19-10-13-22(14-11-19)30-35(6,32)33)16-21(27(2,3)4)17-24(25)23-8-7-15-28-26(23)34-5/h7-8,10-11,13-17,30H,9,12H2,1-6H3,(H,29,31). The molecule has 2 aromatic carbocycles. The topological polar surface area (TPSA) is 97.4 Å². The third kappa shape index (κ3) is 7.05. The molecular weight excluding hydrogens is 462 g/mol. The lowest BCUT2D eigenvalue weighted by Gasteiger charge is -2.25. The van der Waals surface area contributed by atoms with Gasteiger partial charge in [-0.1, -0.05) is 39.0 Å². The summed E-state index contributed by atoms with van der Waals surface area (Å²) in [4.78, 5) is 16.6. The number of aryl methyl sites for hydroxylation is 2. The summed E-state index contributed by atoms with van der Waals surface area (Å²) in [7, 11) is -1.74. The van der Waals surface area contributed by atoms with Gasteiger partial charge in [0.2, 0.25) is 21.8 Å². The number of aromatic nitrogens is 1. The summed E-state index contributed by atoms with van der Waals surface area (Å²) >= 11 is 0. The number of amides is 1. The van der Waals surface area contributed by atoms with E-state index in [1.807, 2.05) is 24.3 Å². The summed E-state index contributed by atoms with van der Waals surface area (Å²) in [5.41, 5.74) is 6.01. The number of nitrogens with zero attached hydrogens (tertiary/aromatic N) is 1. The fraction of sp³-hybridized carbons (Fsp3) is 0.333. The smallest absolute Gasteiger partial charge is 0.229 e. The third-order valence-electron chi connectivity index (χ3n) is 5.58. The Morgan fingerprint density at radius 3 is 2.29 bits per heavy atom. The lowest BCUT2D eigenvalue weighted by atomic mass is 9.82. The molecule has 2 N–H and O–H groups in total. The Bertz CT molecular complexity index is 1310. The predicted octanol–water partition coefficient (Wildman–Crippen LogP) is 5.17. The van der Waals surface area contributed by atoms with Crippen molar-refractivity contribution in [1.82, 2.24) is 4.98 Å². The maximum absolute atomic E-state index is 12.2. The number of carbonyl (C=O) groups excluding carboxylic acids is 1. The molecule has 0 bridgehead atoms. The maximum Gasteiger partial charge on any atom is 0.229 e. The van der Waals surface area contributed by atoms with Crippen LogP contribution in [0.5, 0.6) is 5.88 Å². The molecule has 0 aliphatic carbocycles. The van der Waals surface area contributed by atoms with Gasteiger partial charge in [-0.25, -0.2) is 13.4 Å². The van der Waals surface area contributed by atoms with E-state index in [1.165, 1.54) is 6.92 Å². The van der Waals surface area contributed by atoms with E-state index >= 15 is 0 Å². The predicted molar refractivity (Wildman–Crippen MR) is 142 cm³/mol. The molecule has 0 aliphatic rings. The molecule has 0 unspecified atom stereocenters. The van der Waals surface area contributed by atoms with Gasteiger partial charge in [-0.05, 0) is 65.3 Å². The van der Waals surface area contributed by atoms with Crippen molar-refractivity contribution in [2.45, 2.75) is 46.0 Å². The summed E-state index contributed by atoms with van der Waals surface area (Å²) in [5.74, 6) is 0.333.